The maximum atomic E-state index is 4.35. The predicted octanol–water partition coefficient (Wildman–Crippen LogP) is 0.168. The van der Waals surface area contributed by atoms with Gasteiger partial charge in [-0.3, -0.25) is 9.39 Å². The lowest BCUT2D eigenvalue weighted by Gasteiger charge is -2.15. The van der Waals surface area contributed by atoms with Crippen molar-refractivity contribution < 1.29 is 0 Å². The second-order valence-corrected chi connectivity index (χ2v) is 3.91. The van der Waals surface area contributed by atoms with Crippen LogP contribution in [0.25, 0.3) is 5.65 Å². The van der Waals surface area contributed by atoms with Gasteiger partial charge in [0.1, 0.15) is 0 Å². The lowest BCUT2D eigenvalue weighted by atomic mass is 10.4. The molecule has 0 aliphatic carbocycles. The second kappa shape index (κ2) is 4.40. The number of hydrogen-bond acceptors (Lipinski definition) is 5. The molecule has 3 heterocycles. The maximum absolute atomic E-state index is 4.35. The lowest BCUT2D eigenvalue weighted by Crippen LogP contribution is -2.40. The first kappa shape index (κ1) is 10.1. The summed E-state index contributed by atoms with van der Waals surface area (Å²) in [6, 6.07) is 5.86. The van der Waals surface area contributed by atoms with E-state index in [2.05, 4.69) is 25.8 Å². The Morgan fingerprint density at radius 2 is 2.35 bits per heavy atom. The Labute approximate surface area is 98.8 Å². The summed E-state index contributed by atoms with van der Waals surface area (Å²) in [4.78, 5) is 4.35. The zero-order chi connectivity index (χ0) is 11.5. The summed E-state index contributed by atoms with van der Waals surface area (Å²) < 4.78 is 1.97. The minimum absolute atomic E-state index is 0.622. The zero-order valence-electron chi connectivity index (χ0n) is 9.43. The third-order valence-corrected chi connectivity index (χ3v) is 2.70. The van der Waals surface area contributed by atoms with Gasteiger partial charge in [-0.2, -0.15) is 0 Å². The van der Waals surface area contributed by atoms with E-state index >= 15 is 0 Å². The van der Waals surface area contributed by atoms with E-state index in [-0.39, 0.29) is 0 Å². The van der Waals surface area contributed by atoms with Gasteiger partial charge in [0.2, 0.25) is 0 Å². The van der Waals surface area contributed by atoms with Crippen LogP contribution in [-0.2, 0) is 6.54 Å². The van der Waals surface area contributed by atoms with Gasteiger partial charge >= 0.3 is 0 Å². The van der Waals surface area contributed by atoms with Crippen LogP contribution in [0.1, 0.15) is 12.2 Å². The molecule has 1 aliphatic rings. The number of hydrogen-bond donors (Lipinski definition) is 2. The van der Waals surface area contributed by atoms with Crippen molar-refractivity contribution in [3.63, 3.8) is 0 Å². The Morgan fingerprint density at radius 1 is 1.35 bits per heavy atom. The molecule has 1 aliphatic heterocycles. The van der Waals surface area contributed by atoms with Crippen molar-refractivity contribution in [2.45, 2.75) is 13.0 Å². The average molecular weight is 230 g/mol. The molecule has 2 aromatic rings. The van der Waals surface area contributed by atoms with Crippen molar-refractivity contribution in [1.29, 1.82) is 0 Å². The zero-order valence-corrected chi connectivity index (χ0v) is 9.43. The molecule has 88 valence electrons. The van der Waals surface area contributed by atoms with Crippen LogP contribution in [0.2, 0.25) is 0 Å². The molecule has 0 fully saturated rings. The van der Waals surface area contributed by atoms with Crippen molar-refractivity contribution in [1.82, 2.24) is 25.2 Å². The molecule has 2 N–H and O–H groups in total. The Morgan fingerprint density at radius 3 is 3.24 bits per heavy atom. The molecule has 0 aromatic carbocycles. The Kier molecular flexibility index (Phi) is 2.61. The molecule has 0 unspecified atom stereocenters. The molecule has 0 radical (unpaired) electrons. The van der Waals surface area contributed by atoms with Crippen molar-refractivity contribution in [2.24, 2.45) is 4.99 Å². The van der Waals surface area contributed by atoms with Crippen LogP contribution in [0.3, 0.4) is 0 Å². The number of guanidine groups is 1. The van der Waals surface area contributed by atoms with Crippen LogP contribution in [0.5, 0.6) is 0 Å². The van der Waals surface area contributed by atoms with E-state index in [0.717, 1.165) is 36.9 Å². The number of nitrogens with zero attached hydrogens (tertiary/aromatic N) is 4. The van der Waals surface area contributed by atoms with Gasteiger partial charge in [-0.05, 0) is 18.6 Å². The second-order valence-electron chi connectivity index (χ2n) is 3.91. The van der Waals surface area contributed by atoms with Gasteiger partial charge in [0, 0.05) is 19.3 Å². The van der Waals surface area contributed by atoms with Crippen molar-refractivity contribution in [3.05, 3.63) is 30.2 Å². The fraction of sp³-hybridized carbons (Fsp3) is 0.364. The van der Waals surface area contributed by atoms with Gasteiger partial charge < -0.3 is 10.6 Å². The van der Waals surface area contributed by atoms with Crippen LogP contribution in [0.15, 0.2) is 29.4 Å². The highest BCUT2D eigenvalue weighted by Crippen LogP contribution is 2.02. The minimum atomic E-state index is 0.622. The van der Waals surface area contributed by atoms with Gasteiger partial charge in [-0.15, -0.1) is 10.2 Å². The van der Waals surface area contributed by atoms with Crippen molar-refractivity contribution >= 4 is 11.6 Å². The first-order valence-corrected chi connectivity index (χ1v) is 5.74. The SMILES string of the molecule is c1ccn2c(CNC3=NCCCN3)nnc2c1. The molecule has 0 bridgehead atoms. The molecule has 0 amide bonds. The Bertz CT molecular complexity index is 544. The van der Waals surface area contributed by atoms with Gasteiger partial charge in [-0.25, -0.2) is 0 Å². The third kappa shape index (κ3) is 2.06. The normalized spacial score (nSPS) is 15.4. The fourth-order valence-electron chi connectivity index (χ4n) is 1.83. The summed E-state index contributed by atoms with van der Waals surface area (Å²) in [6.45, 7) is 2.49. The summed E-state index contributed by atoms with van der Waals surface area (Å²) in [5.41, 5.74) is 0.864. The van der Waals surface area contributed by atoms with E-state index in [9.17, 15) is 0 Å². The average Bonchev–Trinajstić information content (AvgIpc) is 2.81. The summed E-state index contributed by atoms with van der Waals surface area (Å²) in [5, 5.41) is 14.7. The third-order valence-electron chi connectivity index (χ3n) is 2.70. The molecule has 0 atom stereocenters. The van der Waals surface area contributed by atoms with Crippen LogP contribution >= 0.6 is 0 Å². The summed E-state index contributed by atoms with van der Waals surface area (Å²) in [5.74, 6) is 1.74. The standard InChI is InChI=1S/C11H14N6/c1-2-7-17-9(4-1)15-16-10(17)8-14-11-12-5-3-6-13-11/h1-2,4,7H,3,5-6,8H2,(H2,12,13,14). The fourth-order valence-corrected chi connectivity index (χ4v) is 1.83. The van der Waals surface area contributed by atoms with E-state index in [0.29, 0.717) is 6.54 Å². The quantitative estimate of drug-likeness (QED) is 0.771. The van der Waals surface area contributed by atoms with E-state index < -0.39 is 0 Å². The number of pyridine rings is 1. The van der Waals surface area contributed by atoms with Gasteiger partial charge in [-0.1, -0.05) is 6.07 Å². The van der Waals surface area contributed by atoms with Gasteiger partial charge in [0.25, 0.3) is 0 Å². The Hall–Kier alpha value is -2.11. The molecule has 0 saturated carbocycles. The smallest absolute Gasteiger partial charge is 0.191 e. The molecule has 3 rings (SSSR count). The van der Waals surface area contributed by atoms with Crippen LogP contribution < -0.4 is 10.6 Å². The van der Waals surface area contributed by atoms with E-state index in [1.54, 1.807) is 0 Å². The largest absolute Gasteiger partial charge is 0.356 e. The molecule has 17 heavy (non-hydrogen) atoms. The predicted molar refractivity (Wildman–Crippen MR) is 64.7 cm³/mol. The van der Waals surface area contributed by atoms with E-state index in [1.165, 1.54) is 0 Å². The first-order chi connectivity index (χ1) is 8.43. The van der Waals surface area contributed by atoms with E-state index in [1.807, 2.05) is 28.8 Å². The van der Waals surface area contributed by atoms with E-state index in [4.69, 9.17) is 0 Å². The van der Waals surface area contributed by atoms with Gasteiger partial charge in [0.05, 0.1) is 6.54 Å². The minimum Gasteiger partial charge on any atom is -0.356 e. The molecule has 6 nitrogen and oxygen atoms in total. The van der Waals surface area contributed by atoms with Crippen molar-refractivity contribution in [2.75, 3.05) is 13.1 Å². The van der Waals surface area contributed by atoms with Gasteiger partial charge in [0.15, 0.2) is 17.4 Å². The number of aliphatic imine (C=N–C) groups is 1. The molecule has 0 saturated heterocycles. The van der Waals surface area contributed by atoms with Crippen LogP contribution in [-0.4, -0.2) is 33.6 Å². The van der Waals surface area contributed by atoms with Crippen LogP contribution in [0.4, 0.5) is 0 Å². The maximum Gasteiger partial charge on any atom is 0.191 e. The highest BCUT2D eigenvalue weighted by atomic mass is 15.3. The number of aromatic nitrogens is 3. The monoisotopic (exact) mass is 230 g/mol. The lowest BCUT2D eigenvalue weighted by molar-refractivity contribution is 0.690. The summed E-state index contributed by atoms with van der Waals surface area (Å²) in [6.07, 6.45) is 3.06. The molecular formula is C11H14N6. The summed E-state index contributed by atoms with van der Waals surface area (Å²) >= 11 is 0. The highest BCUT2D eigenvalue weighted by molar-refractivity contribution is 5.80. The first-order valence-electron chi connectivity index (χ1n) is 5.74. The molecule has 2 aromatic heterocycles. The molecule has 0 spiro atoms. The number of nitrogens with one attached hydrogen (secondary N) is 2. The Balaban J connectivity index is 1.74. The van der Waals surface area contributed by atoms with Crippen LogP contribution in [0, 0.1) is 0 Å². The molecular weight excluding hydrogens is 216 g/mol. The van der Waals surface area contributed by atoms with Crippen molar-refractivity contribution in [3.8, 4) is 0 Å². The summed E-state index contributed by atoms with van der Waals surface area (Å²) in [7, 11) is 0. The highest BCUT2D eigenvalue weighted by Gasteiger charge is 2.07. The number of fused-ring (bicyclic) bond motifs is 1. The molecule has 6 heteroatoms. The topological polar surface area (TPSA) is 66.6 Å². The number of rotatable bonds is 2.